The third kappa shape index (κ3) is 7.23. The quantitative estimate of drug-likeness (QED) is 0.136. The first kappa shape index (κ1) is 31.9. The number of hydrogen-bond donors (Lipinski definition) is 1. The third-order valence-electron chi connectivity index (χ3n) is 7.88. The summed E-state index contributed by atoms with van der Waals surface area (Å²) in [6, 6.07) is 36.4. The lowest BCUT2D eigenvalue weighted by atomic mass is 10.1. The third-order valence-corrected chi connectivity index (χ3v) is 13.8. The van der Waals surface area contributed by atoms with Gasteiger partial charge in [-0.15, -0.1) is 0 Å². The van der Waals surface area contributed by atoms with Gasteiger partial charge in [0, 0.05) is 10.0 Å². The lowest BCUT2D eigenvalue weighted by Crippen LogP contribution is -2.67. The molecule has 0 saturated carbocycles. The highest BCUT2D eigenvalue weighted by Crippen LogP contribution is 2.37. The lowest BCUT2D eigenvalue weighted by Gasteiger charge is -2.43. The van der Waals surface area contributed by atoms with Crippen molar-refractivity contribution in [3.05, 3.63) is 130 Å². The monoisotopic (exact) mass is 649 g/mol. The van der Waals surface area contributed by atoms with E-state index in [1.165, 1.54) is 10.4 Å². The number of ether oxygens (including phenoxy) is 2. The average molecular weight is 651 g/mol. The highest BCUT2D eigenvalue weighted by molar-refractivity contribution is 7.80. The Balaban J connectivity index is 1.45. The Hall–Kier alpha value is -2.55. The van der Waals surface area contributed by atoms with E-state index in [1.807, 2.05) is 60.7 Å². The summed E-state index contributed by atoms with van der Waals surface area (Å²) >= 11 is 18.6. The summed E-state index contributed by atoms with van der Waals surface area (Å²) in [6.07, 6.45) is -0.870. The summed E-state index contributed by atoms with van der Waals surface area (Å²) in [6.45, 7) is 7.87. The van der Waals surface area contributed by atoms with Gasteiger partial charge in [0.2, 0.25) is 0 Å². The van der Waals surface area contributed by atoms with Crippen LogP contribution < -0.4 is 15.7 Å². The molecule has 224 valence electrons. The van der Waals surface area contributed by atoms with Crippen molar-refractivity contribution >= 4 is 59.1 Å². The van der Waals surface area contributed by atoms with Crippen LogP contribution in [0.3, 0.4) is 0 Å². The Labute approximate surface area is 271 Å². The van der Waals surface area contributed by atoms with E-state index in [2.05, 4.69) is 74.6 Å². The number of nitrogens with one attached hydrogen (secondary N) is 1. The average Bonchev–Trinajstić information content (AvgIpc) is 3.30. The van der Waals surface area contributed by atoms with E-state index < -0.39 is 20.5 Å². The fraction of sp³-hybridized carbons (Fsp3) is 0.286. The van der Waals surface area contributed by atoms with Gasteiger partial charge in [-0.3, -0.25) is 0 Å². The van der Waals surface area contributed by atoms with E-state index in [0.29, 0.717) is 34.9 Å². The Bertz CT molecular complexity index is 1480. The van der Waals surface area contributed by atoms with Crippen LogP contribution in [0.25, 0.3) is 0 Å². The number of thiocarbonyl (C=S) groups is 1. The fourth-order valence-corrected chi connectivity index (χ4v) is 11.2. The first-order valence-electron chi connectivity index (χ1n) is 14.5. The van der Waals surface area contributed by atoms with Crippen LogP contribution >= 0.6 is 35.4 Å². The van der Waals surface area contributed by atoms with Gasteiger partial charge in [-0.25, -0.2) is 0 Å². The minimum absolute atomic E-state index is 0.161. The van der Waals surface area contributed by atoms with Gasteiger partial charge < -0.3 is 19.2 Å². The van der Waals surface area contributed by atoms with E-state index in [9.17, 15) is 0 Å². The molecule has 1 aliphatic heterocycles. The number of hydrogen-bond acceptors (Lipinski definition) is 4. The van der Waals surface area contributed by atoms with E-state index in [1.54, 1.807) is 0 Å². The van der Waals surface area contributed by atoms with E-state index in [-0.39, 0.29) is 11.1 Å². The summed E-state index contributed by atoms with van der Waals surface area (Å²) in [5, 5.41) is 7.10. The van der Waals surface area contributed by atoms with Gasteiger partial charge in [0.05, 0.1) is 25.9 Å². The minimum atomic E-state index is -2.78. The highest BCUT2D eigenvalue weighted by Gasteiger charge is 2.52. The number of rotatable bonds is 11. The standard InChI is InChI=1S/C35H37Cl2NO3SSi/c1-35(2,3)43(28-16-6-4-7-17-28,29-18-8-5-9-19-29)41-24-31-32(39-22-25-13-12-15-27(36)21-25)33(34(42)38-31)40-23-26-14-10-11-20-30(26)37/h4-21,31-33H,22-24H2,1-3H3,(H,38,42). The van der Waals surface area contributed by atoms with Crippen LogP contribution in [0.4, 0.5) is 0 Å². The molecule has 1 heterocycles. The molecule has 3 atom stereocenters. The van der Waals surface area contributed by atoms with Crippen molar-refractivity contribution in [1.82, 2.24) is 5.32 Å². The van der Waals surface area contributed by atoms with Crippen molar-refractivity contribution in [1.29, 1.82) is 0 Å². The summed E-state index contributed by atoms with van der Waals surface area (Å²) in [5.41, 5.74) is 1.87. The molecule has 0 spiro atoms. The van der Waals surface area contributed by atoms with Gasteiger partial charge in [-0.1, -0.05) is 147 Å². The van der Waals surface area contributed by atoms with Crippen LogP contribution in [-0.2, 0) is 27.1 Å². The topological polar surface area (TPSA) is 39.7 Å². The Morgan fingerprint density at radius 3 is 2.00 bits per heavy atom. The zero-order valence-electron chi connectivity index (χ0n) is 24.6. The van der Waals surface area contributed by atoms with Crippen molar-refractivity contribution in [3.8, 4) is 0 Å². The maximum Gasteiger partial charge on any atom is 0.261 e. The fourth-order valence-electron chi connectivity index (χ4n) is 5.81. The van der Waals surface area contributed by atoms with Crippen molar-refractivity contribution in [2.75, 3.05) is 6.61 Å². The molecular formula is C35H37Cl2NO3SSi. The lowest BCUT2D eigenvalue weighted by molar-refractivity contribution is -0.0608. The second kappa shape index (κ2) is 14.0. The van der Waals surface area contributed by atoms with Gasteiger partial charge in [0.1, 0.15) is 17.2 Å². The first-order chi connectivity index (χ1) is 20.7. The van der Waals surface area contributed by atoms with Gasteiger partial charge in [-0.05, 0) is 44.7 Å². The van der Waals surface area contributed by atoms with Crippen LogP contribution in [0.2, 0.25) is 15.1 Å². The van der Waals surface area contributed by atoms with Gasteiger partial charge in [0.15, 0.2) is 0 Å². The summed E-state index contributed by atoms with van der Waals surface area (Å²) in [5.74, 6) is 0. The molecule has 0 aliphatic carbocycles. The summed E-state index contributed by atoms with van der Waals surface area (Å²) in [4.78, 5) is 0.596. The molecule has 5 rings (SSSR count). The molecule has 1 saturated heterocycles. The predicted molar refractivity (Wildman–Crippen MR) is 183 cm³/mol. The number of benzene rings is 4. The molecule has 4 aromatic carbocycles. The van der Waals surface area contributed by atoms with Crippen molar-refractivity contribution in [3.63, 3.8) is 0 Å². The van der Waals surface area contributed by atoms with Crippen LogP contribution in [0.15, 0.2) is 109 Å². The first-order valence-corrected chi connectivity index (χ1v) is 17.5. The molecule has 0 aromatic heterocycles. The van der Waals surface area contributed by atoms with Crippen molar-refractivity contribution in [2.24, 2.45) is 0 Å². The smallest absolute Gasteiger partial charge is 0.261 e. The van der Waals surface area contributed by atoms with E-state index >= 15 is 0 Å². The predicted octanol–water partition coefficient (Wildman–Crippen LogP) is 7.34. The van der Waals surface area contributed by atoms with Gasteiger partial charge in [-0.2, -0.15) is 0 Å². The molecule has 4 aromatic rings. The molecule has 0 bridgehead atoms. The Morgan fingerprint density at radius 2 is 1.40 bits per heavy atom. The summed E-state index contributed by atoms with van der Waals surface area (Å²) < 4.78 is 20.3. The molecular weight excluding hydrogens is 613 g/mol. The zero-order chi connectivity index (χ0) is 30.5. The molecule has 1 aliphatic rings. The minimum Gasteiger partial charge on any atom is -0.405 e. The molecule has 3 unspecified atom stereocenters. The highest BCUT2D eigenvalue weighted by atomic mass is 35.5. The molecule has 1 fully saturated rings. The van der Waals surface area contributed by atoms with Crippen LogP contribution in [0, 0.1) is 0 Å². The molecule has 43 heavy (non-hydrogen) atoms. The zero-order valence-corrected chi connectivity index (χ0v) is 28.0. The number of halogens is 2. The molecule has 4 nitrogen and oxygen atoms in total. The second-order valence-electron chi connectivity index (χ2n) is 11.8. The van der Waals surface area contributed by atoms with Gasteiger partial charge >= 0.3 is 0 Å². The van der Waals surface area contributed by atoms with Crippen LogP contribution in [0.5, 0.6) is 0 Å². The second-order valence-corrected chi connectivity index (χ2v) is 17.4. The summed E-state index contributed by atoms with van der Waals surface area (Å²) in [7, 11) is -2.78. The van der Waals surface area contributed by atoms with Crippen LogP contribution in [0.1, 0.15) is 31.9 Å². The van der Waals surface area contributed by atoms with Crippen molar-refractivity contribution < 1.29 is 13.9 Å². The molecule has 8 heteroatoms. The normalized spacial score (nSPS) is 18.9. The Morgan fingerprint density at radius 1 is 0.767 bits per heavy atom. The van der Waals surface area contributed by atoms with Crippen molar-refractivity contribution in [2.45, 2.75) is 57.3 Å². The van der Waals surface area contributed by atoms with E-state index in [0.717, 1.165) is 11.1 Å². The van der Waals surface area contributed by atoms with Crippen LogP contribution in [-0.4, -0.2) is 38.2 Å². The largest absolute Gasteiger partial charge is 0.405 e. The molecule has 0 amide bonds. The molecule has 1 N–H and O–H groups in total. The van der Waals surface area contributed by atoms with E-state index in [4.69, 9.17) is 49.3 Å². The maximum absolute atomic E-state index is 7.27. The molecule has 0 radical (unpaired) electrons. The Kier molecular flexibility index (Phi) is 10.4. The maximum atomic E-state index is 7.27. The van der Waals surface area contributed by atoms with Gasteiger partial charge in [0.25, 0.3) is 8.32 Å². The SMILES string of the molecule is CC(C)(C)[Si](OCC1NC(=S)C(OCc2ccccc2Cl)C1OCc1cccc(Cl)c1)(c1ccccc1)c1ccccc1.